The first kappa shape index (κ1) is 18.1. The number of benzene rings is 3. The van der Waals surface area contributed by atoms with Crippen LogP contribution in [0.2, 0.25) is 0 Å². The molecule has 0 fully saturated rings. The number of anilines is 2. The van der Waals surface area contributed by atoms with E-state index in [0.717, 1.165) is 16.8 Å². The Morgan fingerprint density at radius 3 is 2.26 bits per heavy atom. The first-order valence-electron chi connectivity index (χ1n) is 8.48. The number of carbonyl (C=O) groups is 1. The number of nitro groups is 1. The fourth-order valence-corrected chi connectivity index (χ4v) is 2.74. The maximum absolute atomic E-state index is 12.2. The molecule has 0 saturated heterocycles. The fraction of sp³-hybridized carbons (Fsp3) is 0.0952. The molecule has 0 spiro atoms. The quantitative estimate of drug-likeness (QED) is 0.495. The van der Waals surface area contributed by atoms with Crippen LogP contribution in [0.25, 0.3) is 11.1 Å². The third-order valence-corrected chi connectivity index (χ3v) is 4.22. The lowest BCUT2D eigenvalue weighted by atomic mass is 10.1. The molecule has 3 aromatic carbocycles. The summed E-state index contributed by atoms with van der Waals surface area (Å²) in [6, 6.07) is 22.4. The van der Waals surface area contributed by atoms with Crippen LogP contribution in [-0.2, 0) is 4.79 Å². The highest BCUT2D eigenvalue weighted by Gasteiger charge is 2.14. The zero-order chi connectivity index (χ0) is 19.2. The molecule has 0 unspecified atom stereocenters. The maximum atomic E-state index is 12.2. The molecule has 0 aromatic heterocycles. The van der Waals surface area contributed by atoms with Crippen molar-refractivity contribution in [3.63, 3.8) is 0 Å². The minimum Gasteiger partial charge on any atom is -0.376 e. The molecular formula is C21H19N3O3. The topological polar surface area (TPSA) is 84.3 Å². The van der Waals surface area contributed by atoms with Crippen molar-refractivity contribution in [3.05, 3.63) is 88.5 Å². The highest BCUT2D eigenvalue weighted by atomic mass is 16.6. The molecule has 3 aromatic rings. The summed E-state index contributed by atoms with van der Waals surface area (Å²) in [5.74, 6) is -0.272. The third kappa shape index (κ3) is 4.49. The van der Waals surface area contributed by atoms with Gasteiger partial charge in [-0.25, -0.2) is 0 Å². The molecule has 136 valence electrons. The standard InChI is InChI=1S/C21H19N3O3/c1-15-19(8-5-9-20(15)24(26)27)23-21(25)14-22-18-12-10-17(11-13-18)16-6-3-2-4-7-16/h2-13,22H,14H2,1H3,(H,23,25). The Balaban J connectivity index is 1.60. The molecule has 0 aliphatic carbocycles. The Labute approximate surface area is 157 Å². The van der Waals surface area contributed by atoms with Crippen LogP contribution in [-0.4, -0.2) is 17.4 Å². The second kappa shape index (κ2) is 8.14. The Hall–Kier alpha value is -3.67. The fourth-order valence-electron chi connectivity index (χ4n) is 2.74. The third-order valence-electron chi connectivity index (χ3n) is 4.22. The van der Waals surface area contributed by atoms with Crippen LogP contribution in [0, 0.1) is 17.0 Å². The van der Waals surface area contributed by atoms with Gasteiger partial charge in [0.05, 0.1) is 22.7 Å². The van der Waals surface area contributed by atoms with Gasteiger partial charge in [-0.1, -0.05) is 48.5 Å². The van der Waals surface area contributed by atoms with Crippen molar-refractivity contribution in [2.24, 2.45) is 0 Å². The molecule has 3 rings (SSSR count). The highest BCUT2D eigenvalue weighted by molar-refractivity contribution is 5.94. The number of hydrogen-bond acceptors (Lipinski definition) is 4. The molecule has 1 amide bonds. The summed E-state index contributed by atoms with van der Waals surface area (Å²) in [6.07, 6.45) is 0. The number of carbonyl (C=O) groups excluding carboxylic acids is 1. The molecule has 0 bridgehead atoms. The van der Waals surface area contributed by atoms with E-state index in [9.17, 15) is 14.9 Å². The first-order valence-corrected chi connectivity index (χ1v) is 8.48. The van der Waals surface area contributed by atoms with Crippen molar-refractivity contribution < 1.29 is 9.72 Å². The van der Waals surface area contributed by atoms with Gasteiger partial charge in [0.1, 0.15) is 0 Å². The van der Waals surface area contributed by atoms with Crippen molar-refractivity contribution in [2.45, 2.75) is 6.92 Å². The Kier molecular flexibility index (Phi) is 5.47. The minimum atomic E-state index is -0.461. The van der Waals surface area contributed by atoms with Crippen LogP contribution in [0.5, 0.6) is 0 Å². The molecular weight excluding hydrogens is 342 g/mol. The van der Waals surface area contributed by atoms with Gasteiger partial charge in [-0.05, 0) is 36.2 Å². The molecule has 0 aliphatic heterocycles. The van der Waals surface area contributed by atoms with Crippen molar-refractivity contribution in [3.8, 4) is 11.1 Å². The van der Waals surface area contributed by atoms with Gasteiger partial charge in [0.15, 0.2) is 0 Å². The summed E-state index contributed by atoms with van der Waals surface area (Å²) in [4.78, 5) is 22.7. The Bertz CT molecular complexity index is 954. The molecule has 6 heteroatoms. The van der Waals surface area contributed by atoms with Crippen LogP contribution in [0.1, 0.15) is 5.56 Å². The van der Waals surface area contributed by atoms with E-state index in [4.69, 9.17) is 0 Å². The average Bonchev–Trinajstić information content (AvgIpc) is 2.69. The zero-order valence-corrected chi connectivity index (χ0v) is 14.8. The van der Waals surface area contributed by atoms with Crippen LogP contribution in [0.3, 0.4) is 0 Å². The van der Waals surface area contributed by atoms with Crippen molar-refractivity contribution in [1.82, 2.24) is 0 Å². The van der Waals surface area contributed by atoms with E-state index in [1.807, 2.05) is 54.6 Å². The SMILES string of the molecule is Cc1c(NC(=O)CNc2ccc(-c3ccccc3)cc2)cccc1[N+](=O)[O-]. The van der Waals surface area contributed by atoms with E-state index >= 15 is 0 Å². The lowest BCUT2D eigenvalue weighted by Gasteiger charge is -2.10. The minimum absolute atomic E-state index is 0.0164. The van der Waals surface area contributed by atoms with Gasteiger partial charge in [0.25, 0.3) is 5.69 Å². The van der Waals surface area contributed by atoms with E-state index in [2.05, 4.69) is 10.6 Å². The van der Waals surface area contributed by atoms with Gasteiger partial charge in [0.2, 0.25) is 5.91 Å². The summed E-state index contributed by atoms with van der Waals surface area (Å²) >= 11 is 0. The van der Waals surface area contributed by atoms with E-state index < -0.39 is 4.92 Å². The summed E-state index contributed by atoms with van der Waals surface area (Å²) in [5, 5.41) is 16.7. The van der Waals surface area contributed by atoms with E-state index in [0.29, 0.717) is 11.3 Å². The summed E-state index contributed by atoms with van der Waals surface area (Å²) in [5.41, 5.74) is 3.90. The number of hydrogen-bond donors (Lipinski definition) is 2. The molecule has 0 atom stereocenters. The lowest BCUT2D eigenvalue weighted by Crippen LogP contribution is -2.22. The number of nitrogens with one attached hydrogen (secondary N) is 2. The molecule has 0 saturated carbocycles. The Morgan fingerprint density at radius 2 is 1.59 bits per heavy atom. The van der Waals surface area contributed by atoms with E-state index in [1.165, 1.54) is 6.07 Å². The van der Waals surface area contributed by atoms with Crippen LogP contribution < -0.4 is 10.6 Å². The zero-order valence-electron chi connectivity index (χ0n) is 14.8. The van der Waals surface area contributed by atoms with Gasteiger partial charge in [-0.2, -0.15) is 0 Å². The second-order valence-corrected chi connectivity index (χ2v) is 6.05. The van der Waals surface area contributed by atoms with Gasteiger partial charge >= 0.3 is 0 Å². The maximum Gasteiger partial charge on any atom is 0.274 e. The van der Waals surface area contributed by atoms with Crippen LogP contribution in [0.4, 0.5) is 17.1 Å². The number of amides is 1. The van der Waals surface area contributed by atoms with Crippen LogP contribution >= 0.6 is 0 Å². The van der Waals surface area contributed by atoms with Gasteiger partial charge in [0, 0.05) is 11.8 Å². The monoisotopic (exact) mass is 361 g/mol. The Morgan fingerprint density at radius 1 is 0.926 bits per heavy atom. The highest BCUT2D eigenvalue weighted by Crippen LogP contribution is 2.25. The molecule has 0 heterocycles. The molecule has 27 heavy (non-hydrogen) atoms. The number of nitro benzene ring substituents is 1. The normalized spacial score (nSPS) is 10.3. The van der Waals surface area contributed by atoms with Gasteiger partial charge < -0.3 is 10.6 Å². The lowest BCUT2D eigenvalue weighted by molar-refractivity contribution is -0.385. The molecule has 2 N–H and O–H groups in total. The van der Waals surface area contributed by atoms with E-state index in [-0.39, 0.29) is 18.1 Å². The summed E-state index contributed by atoms with van der Waals surface area (Å²) < 4.78 is 0. The van der Waals surface area contributed by atoms with Crippen molar-refractivity contribution >= 4 is 23.0 Å². The summed E-state index contributed by atoms with van der Waals surface area (Å²) in [6.45, 7) is 1.68. The predicted octanol–water partition coefficient (Wildman–Crippen LogP) is 4.62. The van der Waals surface area contributed by atoms with Crippen LogP contribution in [0.15, 0.2) is 72.8 Å². The van der Waals surface area contributed by atoms with Gasteiger partial charge in [-0.3, -0.25) is 14.9 Å². The van der Waals surface area contributed by atoms with Crippen molar-refractivity contribution in [2.75, 3.05) is 17.2 Å². The average molecular weight is 361 g/mol. The first-order chi connectivity index (χ1) is 13.0. The van der Waals surface area contributed by atoms with E-state index in [1.54, 1.807) is 19.1 Å². The van der Waals surface area contributed by atoms with Crippen molar-refractivity contribution in [1.29, 1.82) is 0 Å². The second-order valence-electron chi connectivity index (χ2n) is 6.05. The number of nitrogens with zero attached hydrogens (tertiary/aromatic N) is 1. The predicted molar refractivity (Wildman–Crippen MR) is 107 cm³/mol. The molecule has 6 nitrogen and oxygen atoms in total. The van der Waals surface area contributed by atoms with Gasteiger partial charge in [-0.15, -0.1) is 0 Å². The summed E-state index contributed by atoms with van der Waals surface area (Å²) in [7, 11) is 0. The largest absolute Gasteiger partial charge is 0.376 e. The molecule has 0 radical (unpaired) electrons. The number of rotatable bonds is 6. The smallest absolute Gasteiger partial charge is 0.274 e. The molecule has 0 aliphatic rings.